The third-order valence-electron chi connectivity index (χ3n) is 4.92. The first-order valence-corrected chi connectivity index (χ1v) is 12.1. The minimum absolute atomic E-state index is 0.0329. The molecular weight excluding hydrogens is 500 g/mol. The molecule has 10 heteroatoms. The highest BCUT2D eigenvalue weighted by atomic mass is 35.5. The van der Waals surface area contributed by atoms with Crippen molar-refractivity contribution in [3.63, 3.8) is 0 Å². The molecule has 4 rings (SSSR count). The van der Waals surface area contributed by atoms with Crippen LogP contribution in [-0.4, -0.2) is 24.0 Å². The van der Waals surface area contributed by atoms with Crippen LogP contribution in [0.25, 0.3) is 0 Å². The predicted octanol–water partition coefficient (Wildman–Crippen LogP) is 6.71. The Morgan fingerprint density at radius 1 is 1.24 bits per heavy atom. The van der Waals surface area contributed by atoms with E-state index in [0.29, 0.717) is 12.5 Å². The van der Waals surface area contributed by atoms with Gasteiger partial charge in [-0.25, -0.2) is 9.37 Å². The number of hydrogen-bond donors (Lipinski definition) is 1. The number of halogens is 3. The number of aromatic nitrogens is 1. The van der Waals surface area contributed by atoms with Gasteiger partial charge in [0.1, 0.15) is 22.3 Å². The Morgan fingerprint density at radius 2 is 2.03 bits per heavy atom. The lowest BCUT2D eigenvalue weighted by Gasteiger charge is -2.18. The molecule has 0 atom stereocenters. The SMILES string of the molecule is CC(C)COc1ncc(Oc2cc(F)c(C(=O)NSN3CCc4ccccc43)cc2Cl)cc1Cl. The monoisotopic (exact) mass is 521 g/mol. The largest absolute Gasteiger partial charge is 0.476 e. The van der Waals surface area contributed by atoms with Crippen LogP contribution in [0.3, 0.4) is 0 Å². The van der Waals surface area contributed by atoms with Crippen LogP contribution in [0.15, 0.2) is 48.7 Å². The number of rotatable bonds is 8. The molecule has 2 aromatic carbocycles. The highest BCUT2D eigenvalue weighted by Gasteiger charge is 2.22. The third-order valence-corrected chi connectivity index (χ3v) is 6.37. The molecule has 3 aromatic rings. The molecule has 0 aliphatic carbocycles. The van der Waals surface area contributed by atoms with Crippen LogP contribution in [0.5, 0.6) is 17.4 Å². The van der Waals surface area contributed by atoms with Crippen LogP contribution in [-0.2, 0) is 6.42 Å². The van der Waals surface area contributed by atoms with Gasteiger partial charge in [0.15, 0.2) is 0 Å². The lowest BCUT2D eigenvalue weighted by molar-refractivity contribution is 0.0980. The van der Waals surface area contributed by atoms with Crippen LogP contribution >= 0.6 is 35.3 Å². The lowest BCUT2D eigenvalue weighted by Crippen LogP contribution is -2.24. The Bertz CT molecular complexity index is 1210. The number of pyridine rings is 1. The summed E-state index contributed by atoms with van der Waals surface area (Å²) in [7, 11) is 0. The number of amides is 1. The zero-order chi connectivity index (χ0) is 24.2. The van der Waals surface area contributed by atoms with Gasteiger partial charge >= 0.3 is 0 Å². The maximum atomic E-state index is 14.8. The Balaban J connectivity index is 1.42. The fourth-order valence-corrected chi connectivity index (χ4v) is 4.45. The Kier molecular flexibility index (Phi) is 7.70. The molecule has 0 fully saturated rings. The summed E-state index contributed by atoms with van der Waals surface area (Å²) < 4.78 is 30.6. The quantitative estimate of drug-likeness (QED) is 0.332. The summed E-state index contributed by atoms with van der Waals surface area (Å²) in [6.45, 7) is 5.24. The van der Waals surface area contributed by atoms with Crippen LogP contribution < -0.4 is 18.5 Å². The average molecular weight is 522 g/mol. The van der Waals surface area contributed by atoms with Crippen molar-refractivity contribution in [2.45, 2.75) is 20.3 Å². The number of hydrogen-bond acceptors (Lipinski definition) is 6. The number of fused-ring (bicyclic) bond motifs is 1. The summed E-state index contributed by atoms with van der Waals surface area (Å²) in [5.74, 6) is -0.484. The molecule has 0 saturated heterocycles. The molecule has 178 valence electrons. The highest BCUT2D eigenvalue weighted by molar-refractivity contribution is 7.99. The summed E-state index contributed by atoms with van der Waals surface area (Å²) >= 11 is 13.6. The maximum absolute atomic E-state index is 14.8. The summed E-state index contributed by atoms with van der Waals surface area (Å²) in [5, 5.41) is 0.325. The molecule has 0 radical (unpaired) electrons. The first-order valence-electron chi connectivity index (χ1n) is 10.6. The van der Waals surface area contributed by atoms with E-state index in [1.54, 1.807) is 0 Å². The molecule has 34 heavy (non-hydrogen) atoms. The number of ether oxygens (including phenoxy) is 2. The molecule has 1 N–H and O–H groups in total. The van der Waals surface area contributed by atoms with E-state index in [4.69, 9.17) is 32.7 Å². The van der Waals surface area contributed by atoms with Gasteiger partial charge in [0.05, 0.1) is 41.2 Å². The fourth-order valence-electron chi connectivity index (χ4n) is 3.28. The van der Waals surface area contributed by atoms with Crippen molar-refractivity contribution >= 4 is 46.9 Å². The van der Waals surface area contributed by atoms with E-state index in [1.165, 1.54) is 23.9 Å². The maximum Gasteiger partial charge on any atom is 0.265 e. The Hall–Kier alpha value is -2.68. The number of carbonyl (C=O) groups excluding carboxylic acids is 1. The number of carbonyl (C=O) groups is 1. The number of anilines is 1. The van der Waals surface area contributed by atoms with Crippen molar-refractivity contribution in [1.29, 1.82) is 0 Å². The van der Waals surface area contributed by atoms with Crippen LogP contribution in [0.4, 0.5) is 10.1 Å². The number of nitrogens with one attached hydrogen (secondary N) is 1. The van der Waals surface area contributed by atoms with Crippen LogP contribution in [0, 0.1) is 11.7 Å². The van der Waals surface area contributed by atoms with Gasteiger partial charge in [-0.15, -0.1) is 0 Å². The normalized spacial score (nSPS) is 12.6. The van der Waals surface area contributed by atoms with Gasteiger partial charge in [0, 0.05) is 18.7 Å². The minimum Gasteiger partial charge on any atom is -0.476 e. The standard InChI is InChI=1S/C24H22Cl2FN3O3S/c1-14(2)13-32-24-19(26)9-16(12-28-24)33-22-11-20(27)17(10-18(22)25)23(31)29-34-30-8-7-15-5-3-4-6-21(15)30/h3-6,9-12,14H,7-8,13H2,1-2H3,(H,29,31). The van der Waals surface area contributed by atoms with E-state index in [9.17, 15) is 9.18 Å². The topological polar surface area (TPSA) is 63.7 Å². The molecule has 0 unspecified atom stereocenters. The smallest absolute Gasteiger partial charge is 0.265 e. The van der Waals surface area contributed by atoms with E-state index in [2.05, 4.69) is 9.71 Å². The van der Waals surface area contributed by atoms with E-state index in [-0.39, 0.29) is 33.0 Å². The molecule has 0 bridgehead atoms. The molecule has 2 heterocycles. The fraction of sp³-hybridized carbons (Fsp3) is 0.250. The van der Waals surface area contributed by atoms with Gasteiger partial charge in [0.2, 0.25) is 5.88 Å². The van der Waals surface area contributed by atoms with Crippen LogP contribution in [0.2, 0.25) is 10.0 Å². The molecule has 0 spiro atoms. The van der Waals surface area contributed by atoms with Gasteiger partial charge in [-0.2, -0.15) is 0 Å². The van der Waals surface area contributed by atoms with Crippen molar-refractivity contribution < 1.29 is 18.7 Å². The molecule has 0 saturated carbocycles. The molecule has 6 nitrogen and oxygen atoms in total. The second-order valence-electron chi connectivity index (χ2n) is 8.03. The van der Waals surface area contributed by atoms with Gasteiger partial charge in [-0.1, -0.05) is 55.2 Å². The lowest BCUT2D eigenvalue weighted by atomic mass is 10.2. The number of nitrogens with zero attached hydrogens (tertiary/aromatic N) is 2. The molecule has 1 amide bonds. The summed E-state index contributed by atoms with van der Waals surface area (Å²) in [6.07, 6.45) is 2.29. The number of benzene rings is 2. The van der Waals surface area contributed by atoms with E-state index >= 15 is 0 Å². The van der Waals surface area contributed by atoms with Crippen LogP contribution in [0.1, 0.15) is 29.8 Å². The number of para-hydroxylation sites is 1. The zero-order valence-electron chi connectivity index (χ0n) is 18.5. The molecular formula is C24H22Cl2FN3O3S. The van der Waals surface area contributed by atoms with Gasteiger partial charge in [-0.3, -0.25) is 13.8 Å². The second-order valence-corrected chi connectivity index (χ2v) is 9.67. The van der Waals surface area contributed by atoms with E-state index < -0.39 is 11.7 Å². The van der Waals surface area contributed by atoms with Gasteiger partial charge in [-0.05, 0) is 30.0 Å². The summed E-state index contributed by atoms with van der Waals surface area (Å²) in [6, 6.07) is 11.7. The highest BCUT2D eigenvalue weighted by Crippen LogP contribution is 2.35. The summed E-state index contributed by atoms with van der Waals surface area (Å²) in [5.41, 5.74) is 2.04. The molecule has 1 aliphatic rings. The second kappa shape index (κ2) is 10.7. The third kappa shape index (κ3) is 5.68. The predicted molar refractivity (Wildman–Crippen MR) is 134 cm³/mol. The minimum atomic E-state index is -0.768. The van der Waals surface area contributed by atoms with Crippen molar-refractivity contribution in [3.05, 3.63) is 75.7 Å². The Morgan fingerprint density at radius 3 is 2.79 bits per heavy atom. The molecule has 1 aliphatic heterocycles. The first kappa shape index (κ1) is 24.4. The Labute approximate surface area is 211 Å². The first-order chi connectivity index (χ1) is 16.3. The van der Waals surface area contributed by atoms with Crippen molar-refractivity contribution in [1.82, 2.24) is 9.71 Å². The average Bonchev–Trinajstić information content (AvgIpc) is 3.22. The van der Waals surface area contributed by atoms with Crippen molar-refractivity contribution in [2.75, 3.05) is 17.5 Å². The zero-order valence-corrected chi connectivity index (χ0v) is 20.8. The summed E-state index contributed by atoms with van der Waals surface area (Å²) in [4.78, 5) is 16.7. The van der Waals surface area contributed by atoms with Gasteiger partial charge < -0.3 is 9.47 Å². The molecule has 1 aromatic heterocycles. The van der Waals surface area contributed by atoms with Gasteiger partial charge in [0.25, 0.3) is 5.91 Å². The van der Waals surface area contributed by atoms with E-state index in [0.717, 1.165) is 36.9 Å². The van der Waals surface area contributed by atoms with Crippen molar-refractivity contribution in [2.24, 2.45) is 5.92 Å². The van der Waals surface area contributed by atoms with E-state index in [1.807, 2.05) is 42.4 Å². The van der Waals surface area contributed by atoms with Crippen molar-refractivity contribution in [3.8, 4) is 17.4 Å².